The number of fused-ring (bicyclic) bond motifs is 1. The molecular formula is C26H25N3O3S. The van der Waals surface area contributed by atoms with Crippen LogP contribution in [0.2, 0.25) is 0 Å². The third-order valence-corrected chi connectivity index (χ3v) is 6.05. The van der Waals surface area contributed by atoms with Gasteiger partial charge in [0.25, 0.3) is 11.5 Å². The summed E-state index contributed by atoms with van der Waals surface area (Å²) in [5.41, 5.74) is 2.57. The molecule has 0 atom stereocenters. The number of carbonyl (C=O) groups excluding carboxylic acids is 1. The van der Waals surface area contributed by atoms with Gasteiger partial charge in [-0.05, 0) is 49.7 Å². The summed E-state index contributed by atoms with van der Waals surface area (Å²) in [6.07, 6.45) is 0. The molecule has 0 aliphatic heterocycles. The average molecular weight is 460 g/mol. The fourth-order valence-electron chi connectivity index (χ4n) is 3.45. The first-order valence-electron chi connectivity index (χ1n) is 10.6. The minimum absolute atomic E-state index is 0.0132. The topological polar surface area (TPSA) is 73.2 Å². The molecule has 0 spiro atoms. The molecule has 1 heterocycles. The summed E-state index contributed by atoms with van der Waals surface area (Å²) in [5.74, 6) is 1.11. The fourth-order valence-corrected chi connectivity index (χ4v) is 4.42. The van der Waals surface area contributed by atoms with E-state index in [1.807, 2.05) is 68.4 Å². The molecule has 4 aromatic rings. The number of amides is 1. The average Bonchev–Trinajstić information content (AvgIpc) is 2.82. The van der Waals surface area contributed by atoms with E-state index in [9.17, 15) is 9.59 Å². The molecule has 7 heteroatoms. The Hall–Kier alpha value is -3.58. The van der Waals surface area contributed by atoms with Crippen molar-refractivity contribution in [2.45, 2.75) is 30.8 Å². The van der Waals surface area contributed by atoms with Crippen LogP contribution < -0.4 is 15.6 Å². The molecular weight excluding hydrogens is 434 g/mol. The van der Waals surface area contributed by atoms with Crippen LogP contribution in [0.3, 0.4) is 0 Å². The Bertz CT molecular complexity index is 1350. The molecule has 6 nitrogen and oxygen atoms in total. The lowest BCUT2D eigenvalue weighted by atomic mass is 10.1. The van der Waals surface area contributed by atoms with Crippen LogP contribution in [0.5, 0.6) is 5.75 Å². The van der Waals surface area contributed by atoms with Gasteiger partial charge >= 0.3 is 0 Å². The van der Waals surface area contributed by atoms with Crippen molar-refractivity contribution in [1.29, 1.82) is 0 Å². The van der Waals surface area contributed by atoms with Crippen LogP contribution in [-0.2, 0) is 5.75 Å². The smallest absolute Gasteiger partial charge is 0.266 e. The van der Waals surface area contributed by atoms with E-state index in [1.54, 1.807) is 29.9 Å². The molecule has 0 saturated carbocycles. The predicted octanol–water partition coefficient (Wildman–Crippen LogP) is 4.82. The number of hydrogen-bond acceptors (Lipinski definition) is 5. The molecule has 0 fully saturated rings. The van der Waals surface area contributed by atoms with E-state index in [1.165, 1.54) is 11.8 Å². The summed E-state index contributed by atoms with van der Waals surface area (Å²) in [5, 5.41) is 3.87. The highest BCUT2D eigenvalue weighted by Gasteiger charge is 2.16. The van der Waals surface area contributed by atoms with E-state index in [-0.39, 0.29) is 17.5 Å². The molecule has 0 unspecified atom stereocenters. The van der Waals surface area contributed by atoms with Crippen LogP contribution in [0.15, 0.2) is 82.7 Å². The molecule has 1 aromatic heterocycles. The van der Waals surface area contributed by atoms with Gasteiger partial charge in [-0.15, -0.1) is 0 Å². The maximum Gasteiger partial charge on any atom is 0.266 e. The first-order valence-corrected chi connectivity index (χ1v) is 11.6. The van der Waals surface area contributed by atoms with Gasteiger partial charge in [-0.25, -0.2) is 4.98 Å². The number of benzene rings is 3. The van der Waals surface area contributed by atoms with E-state index in [2.05, 4.69) is 5.32 Å². The summed E-state index contributed by atoms with van der Waals surface area (Å²) in [7, 11) is 1.59. The molecule has 33 heavy (non-hydrogen) atoms. The van der Waals surface area contributed by atoms with Crippen molar-refractivity contribution in [2.24, 2.45) is 0 Å². The van der Waals surface area contributed by atoms with E-state index in [0.29, 0.717) is 38.8 Å². The second-order valence-electron chi connectivity index (χ2n) is 7.87. The number of nitrogens with one attached hydrogen (secondary N) is 1. The van der Waals surface area contributed by atoms with E-state index >= 15 is 0 Å². The van der Waals surface area contributed by atoms with Gasteiger partial charge in [0.15, 0.2) is 5.16 Å². The second-order valence-corrected chi connectivity index (χ2v) is 8.81. The highest BCUT2D eigenvalue weighted by Crippen LogP contribution is 2.26. The number of ether oxygens (including phenoxy) is 1. The Morgan fingerprint density at radius 3 is 2.58 bits per heavy atom. The Morgan fingerprint density at radius 2 is 1.85 bits per heavy atom. The Balaban J connectivity index is 1.85. The maximum atomic E-state index is 13.6. The van der Waals surface area contributed by atoms with Gasteiger partial charge in [-0.1, -0.05) is 48.2 Å². The summed E-state index contributed by atoms with van der Waals surface area (Å²) < 4.78 is 6.96. The molecule has 0 saturated heterocycles. The number of nitrogens with zero attached hydrogens (tertiary/aromatic N) is 2. The van der Waals surface area contributed by atoms with Gasteiger partial charge in [-0.2, -0.15) is 0 Å². The fraction of sp³-hybridized carbons (Fsp3) is 0.192. The van der Waals surface area contributed by atoms with Gasteiger partial charge < -0.3 is 10.1 Å². The second kappa shape index (κ2) is 9.92. The zero-order valence-corrected chi connectivity index (χ0v) is 19.6. The monoisotopic (exact) mass is 459 g/mol. The highest BCUT2D eigenvalue weighted by atomic mass is 32.2. The summed E-state index contributed by atoms with van der Waals surface area (Å²) >= 11 is 1.47. The number of carbonyl (C=O) groups is 1. The van der Waals surface area contributed by atoms with Crippen LogP contribution in [0, 0.1) is 0 Å². The zero-order chi connectivity index (χ0) is 23.4. The van der Waals surface area contributed by atoms with Gasteiger partial charge in [0.2, 0.25) is 0 Å². The summed E-state index contributed by atoms with van der Waals surface area (Å²) in [6, 6.07) is 22.4. The molecule has 1 amide bonds. The number of rotatable bonds is 7. The SMILES string of the molecule is COc1cccc(-n2c(SCc3ccccc3)nc3cc(C(=O)NC(C)C)ccc3c2=O)c1. The number of aromatic nitrogens is 2. The van der Waals surface area contributed by atoms with Gasteiger partial charge in [0, 0.05) is 23.4 Å². The van der Waals surface area contributed by atoms with Crippen molar-refractivity contribution < 1.29 is 9.53 Å². The molecule has 3 aromatic carbocycles. The standard InChI is InChI=1S/C26H25N3O3S/c1-17(2)27-24(30)19-12-13-22-23(14-19)28-26(33-16-18-8-5-4-6-9-18)29(25(22)31)20-10-7-11-21(15-20)32-3/h4-15,17H,16H2,1-3H3,(H,27,30). The van der Waals surface area contributed by atoms with Crippen LogP contribution in [0.4, 0.5) is 0 Å². The Kier molecular flexibility index (Phi) is 6.79. The van der Waals surface area contributed by atoms with Crippen molar-refractivity contribution in [1.82, 2.24) is 14.9 Å². The van der Waals surface area contributed by atoms with Gasteiger partial charge in [0.05, 0.1) is 23.7 Å². The van der Waals surface area contributed by atoms with E-state index in [4.69, 9.17) is 9.72 Å². The van der Waals surface area contributed by atoms with Crippen molar-refractivity contribution in [2.75, 3.05) is 7.11 Å². The normalized spacial score (nSPS) is 11.0. The number of thioether (sulfide) groups is 1. The van der Waals surface area contributed by atoms with Gasteiger partial charge in [-0.3, -0.25) is 14.2 Å². The summed E-state index contributed by atoms with van der Waals surface area (Å²) in [4.78, 5) is 30.9. The van der Waals surface area contributed by atoms with Crippen LogP contribution >= 0.6 is 11.8 Å². The van der Waals surface area contributed by atoms with Crippen LogP contribution in [0.1, 0.15) is 29.8 Å². The molecule has 4 rings (SSSR count). The molecule has 1 N–H and O–H groups in total. The Morgan fingerprint density at radius 1 is 1.06 bits per heavy atom. The van der Waals surface area contributed by atoms with Crippen molar-refractivity contribution in [3.05, 3.63) is 94.3 Å². The summed E-state index contributed by atoms with van der Waals surface area (Å²) in [6.45, 7) is 3.81. The molecule has 168 valence electrons. The van der Waals surface area contributed by atoms with Crippen molar-refractivity contribution in [3.63, 3.8) is 0 Å². The molecule has 0 aliphatic rings. The third-order valence-electron chi connectivity index (χ3n) is 5.04. The minimum Gasteiger partial charge on any atom is -0.497 e. The molecule has 0 radical (unpaired) electrons. The Labute approximate surface area is 196 Å². The first kappa shape index (κ1) is 22.6. The quantitative estimate of drug-likeness (QED) is 0.317. The first-order chi connectivity index (χ1) is 16.0. The lowest BCUT2D eigenvalue weighted by Gasteiger charge is -2.15. The van der Waals surface area contributed by atoms with Gasteiger partial charge in [0.1, 0.15) is 5.75 Å². The van der Waals surface area contributed by atoms with Crippen LogP contribution in [0.25, 0.3) is 16.6 Å². The highest BCUT2D eigenvalue weighted by molar-refractivity contribution is 7.98. The molecule has 0 aliphatic carbocycles. The van der Waals surface area contributed by atoms with Crippen molar-refractivity contribution in [3.8, 4) is 11.4 Å². The number of hydrogen-bond donors (Lipinski definition) is 1. The largest absolute Gasteiger partial charge is 0.497 e. The van der Waals surface area contributed by atoms with E-state index < -0.39 is 0 Å². The predicted molar refractivity (Wildman–Crippen MR) is 132 cm³/mol. The van der Waals surface area contributed by atoms with Crippen molar-refractivity contribution >= 4 is 28.6 Å². The number of methoxy groups -OCH3 is 1. The van der Waals surface area contributed by atoms with E-state index in [0.717, 1.165) is 5.56 Å². The zero-order valence-electron chi connectivity index (χ0n) is 18.7. The third kappa shape index (κ3) is 5.09. The lowest BCUT2D eigenvalue weighted by Crippen LogP contribution is -2.30. The lowest BCUT2D eigenvalue weighted by molar-refractivity contribution is 0.0943. The van der Waals surface area contributed by atoms with Crippen LogP contribution in [-0.4, -0.2) is 28.6 Å². The minimum atomic E-state index is -0.195. The maximum absolute atomic E-state index is 13.6. The molecule has 0 bridgehead atoms.